The van der Waals surface area contributed by atoms with E-state index in [1.165, 1.54) is 24.4 Å². The number of phenolic OH excluding ortho intramolecular Hbond substituents is 1. The molecule has 0 radical (unpaired) electrons. The summed E-state index contributed by atoms with van der Waals surface area (Å²) in [4.78, 5) is 22.5. The number of hydrogen-bond donors (Lipinski definition) is 4. The SMILES string of the molecule is NC(CC#Cc1ccc(C=NNC(=O)c2ccc(O)c(Cl)c2)cc1)C(=O)O. The van der Waals surface area contributed by atoms with Crippen LogP contribution in [0.5, 0.6) is 5.75 Å². The zero-order valence-electron chi connectivity index (χ0n) is 14.0. The molecule has 0 aliphatic rings. The highest BCUT2D eigenvalue weighted by Crippen LogP contribution is 2.23. The number of carbonyl (C=O) groups excluding carboxylic acids is 1. The summed E-state index contributed by atoms with van der Waals surface area (Å²) in [5.41, 5.74) is 9.42. The zero-order valence-corrected chi connectivity index (χ0v) is 14.8. The minimum atomic E-state index is -1.09. The molecule has 1 amide bonds. The number of hydrogen-bond acceptors (Lipinski definition) is 5. The van der Waals surface area contributed by atoms with Crippen molar-refractivity contribution in [2.45, 2.75) is 12.5 Å². The van der Waals surface area contributed by atoms with E-state index < -0.39 is 17.9 Å². The van der Waals surface area contributed by atoms with E-state index in [4.69, 9.17) is 22.4 Å². The van der Waals surface area contributed by atoms with Gasteiger partial charge in [-0.05, 0) is 35.9 Å². The molecule has 7 nitrogen and oxygen atoms in total. The molecule has 0 fully saturated rings. The molecule has 0 aliphatic heterocycles. The predicted molar refractivity (Wildman–Crippen MR) is 102 cm³/mol. The monoisotopic (exact) mass is 385 g/mol. The molecule has 138 valence electrons. The van der Waals surface area contributed by atoms with E-state index in [2.05, 4.69) is 22.4 Å². The third-order valence-corrected chi connectivity index (χ3v) is 3.67. The Labute approximate surface area is 160 Å². The lowest BCUT2D eigenvalue weighted by Gasteiger charge is -2.02. The van der Waals surface area contributed by atoms with Crippen LogP contribution in [0.3, 0.4) is 0 Å². The molecule has 0 bridgehead atoms. The van der Waals surface area contributed by atoms with Crippen LogP contribution in [0.1, 0.15) is 27.9 Å². The summed E-state index contributed by atoms with van der Waals surface area (Å²) >= 11 is 5.76. The zero-order chi connectivity index (χ0) is 19.8. The van der Waals surface area contributed by atoms with E-state index in [1.54, 1.807) is 24.3 Å². The average molecular weight is 386 g/mol. The number of carboxylic acid groups (broad SMARTS) is 1. The van der Waals surface area contributed by atoms with Crippen LogP contribution in [0.25, 0.3) is 0 Å². The van der Waals surface area contributed by atoms with Gasteiger partial charge in [-0.3, -0.25) is 9.59 Å². The van der Waals surface area contributed by atoms with Crippen LogP contribution in [0, 0.1) is 11.8 Å². The minimum absolute atomic E-state index is 0.0614. The number of nitrogens with two attached hydrogens (primary N) is 1. The maximum Gasteiger partial charge on any atom is 0.321 e. The minimum Gasteiger partial charge on any atom is -0.506 e. The number of aliphatic carboxylic acids is 1. The quantitative estimate of drug-likeness (QED) is 0.355. The molecular formula is C19H16ClN3O4. The summed E-state index contributed by atoms with van der Waals surface area (Å²) in [5.74, 6) is 3.87. The maximum atomic E-state index is 11.9. The molecule has 2 rings (SSSR count). The molecule has 5 N–H and O–H groups in total. The highest BCUT2D eigenvalue weighted by Gasteiger charge is 2.08. The summed E-state index contributed by atoms with van der Waals surface area (Å²) in [6.07, 6.45) is 1.52. The van der Waals surface area contributed by atoms with Crippen molar-refractivity contribution in [3.63, 3.8) is 0 Å². The number of benzene rings is 2. The Kier molecular flexibility index (Phi) is 6.94. The number of carboxylic acids is 1. The van der Waals surface area contributed by atoms with Gasteiger partial charge in [-0.15, -0.1) is 0 Å². The Morgan fingerprint density at radius 1 is 1.26 bits per heavy atom. The molecule has 1 atom stereocenters. The first-order chi connectivity index (χ1) is 12.9. The molecule has 1 unspecified atom stereocenters. The highest BCUT2D eigenvalue weighted by molar-refractivity contribution is 6.32. The van der Waals surface area contributed by atoms with E-state index >= 15 is 0 Å². The lowest BCUT2D eigenvalue weighted by Crippen LogP contribution is -2.29. The smallest absolute Gasteiger partial charge is 0.321 e. The number of amides is 1. The van der Waals surface area contributed by atoms with Gasteiger partial charge in [0, 0.05) is 17.5 Å². The van der Waals surface area contributed by atoms with Crippen LogP contribution in [-0.4, -0.2) is 34.3 Å². The third kappa shape index (κ3) is 6.15. The van der Waals surface area contributed by atoms with E-state index in [9.17, 15) is 14.7 Å². The Morgan fingerprint density at radius 3 is 2.59 bits per heavy atom. The van der Waals surface area contributed by atoms with Gasteiger partial charge in [0.2, 0.25) is 0 Å². The number of rotatable bonds is 5. The number of hydrazone groups is 1. The van der Waals surface area contributed by atoms with Gasteiger partial charge in [-0.2, -0.15) is 5.10 Å². The van der Waals surface area contributed by atoms with E-state index in [0.29, 0.717) is 5.56 Å². The second-order valence-electron chi connectivity index (χ2n) is 5.44. The third-order valence-electron chi connectivity index (χ3n) is 3.37. The van der Waals surface area contributed by atoms with Gasteiger partial charge >= 0.3 is 5.97 Å². The fraction of sp³-hybridized carbons (Fsp3) is 0.105. The normalized spacial score (nSPS) is 11.5. The molecule has 0 heterocycles. The van der Waals surface area contributed by atoms with Crippen molar-refractivity contribution in [3.8, 4) is 17.6 Å². The first-order valence-corrected chi connectivity index (χ1v) is 8.14. The van der Waals surface area contributed by atoms with Crippen molar-refractivity contribution < 1.29 is 19.8 Å². The topological polar surface area (TPSA) is 125 Å². The van der Waals surface area contributed by atoms with E-state index in [1.807, 2.05) is 0 Å². The van der Waals surface area contributed by atoms with Gasteiger partial charge in [-0.25, -0.2) is 5.43 Å². The van der Waals surface area contributed by atoms with Crippen LogP contribution in [0.15, 0.2) is 47.6 Å². The molecule has 2 aromatic rings. The summed E-state index contributed by atoms with van der Waals surface area (Å²) in [6.45, 7) is 0. The lowest BCUT2D eigenvalue weighted by molar-refractivity contribution is -0.138. The molecule has 0 saturated carbocycles. The number of phenols is 1. The molecule has 27 heavy (non-hydrogen) atoms. The standard InChI is InChI=1S/C19H16ClN3O4/c20-15-10-14(8-9-17(15)24)18(25)23-22-11-13-6-4-12(5-7-13)2-1-3-16(21)19(26)27/h4-11,16,24H,3,21H2,(H,23,25)(H,26,27). The number of nitrogens with one attached hydrogen (secondary N) is 1. The van der Waals surface area contributed by atoms with Gasteiger partial charge in [0.1, 0.15) is 11.8 Å². The second-order valence-corrected chi connectivity index (χ2v) is 5.85. The fourth-order valence-corrected chi connectivity index (χ4v) is 2.06. The van der Waals surface area contributed by atoms with Crippen molar-refractivity contribution in [2.75, 3.05) is 0 Å². The summed E-state index contributed by atoms with van der Waals surface area (Å²) < 4.78 is 0. The van der Waals surface area contributed by atoms with Crippen molar-refractivity contribution in [2.24, 2.45) is 10.8 Å². The summed E-state index contributed by atoms with van der Waals surface area (Å²) in [6, 6.07) is 10.1. The van der Waals surface area contributed by atoms with Crippen LogP contribution in [0.2, 0.25) is 5.02 Å². The van der Waals surface area contributed by atoms with Gasteiger partial charge in [0.15, 0.2) is 0 Å². The van der Waals surface area contributed by atoms with Crippen LogP contribution < -0.4 is 11.2 Å². The Bertz CT molecular complexity index is 930. The van der Waals surface area contributed by atoms with Gasteiger partial charge < -0.3 is 15.9 Å². The fourth-order valence-electron chi connectivity index (χ4n) is 1.88. The first-order valence-electron chi connectivity index (χ1n) is 7.76. The molecule has 2 aromatic carbocycles. The Morgan fingerprint density at radius 2 is 1.96 bits per heavy atom. The highest BCUT2D eigenvalue weighted by atomic mass is 35.5. The van der Waals surface area contributed by atoms with Crippen LogP contribution >= 0.6 is 11.6 Å². The molecule has 0 spiro atoms. The molecule has 0 saturated heterocycles. The molecule has 0 aromatic heterocycles. The van der Waals surface area contributed by atoms with Gasteiger partial charge in [-0.1, -0.05) is 35.6 Å². The maximum absolute atomic E-state index is 11.9. The van der Waals surface area contributed by atoms with Crippen molar-refractivity contribution >= 4 is 29.7 Å². The van der Waals surface area contributed by atoms with E-state index in [0.717, 1.165) is 5.56 Å². The lowest BCUT2D eigenvalue weighted by atomic mass is 10.1. The van der Waals surface area contributed by atoms with Gasteiger partial charge in [0.25, 0.3) is 5.91 Å². The predicted octanol–water partition coefficient (Wildman–Crippen LogP) is 1.96. The van der Waals surface area contributed by atoms with Gasteiger partial charge in [0.05, 0.1) is 11.2 Å². The summed E-state index contributed by atoms with van der Waals surface area (Å²) in [7, 11) is 0. The van der Waals surface area contributed by atoms with Crippen molar-refractivity contribution in [1.82, 2.24) is 5.43 Å². The van der Waals surface area contributed by atoms with Crippen molar-refractivity contribution in [1.29, 1.82) is 0 Å². The Hall–Kier alpha value is -3.34. The van der Waals surface area contributed by atoms with E-state index in [-0.39, 0.29) is 22.8 Å². The number of halogens is 1. The molecule has 0 aliphatic carbocycles. The number of aromatic hydroxyl groups is 1. The number of nitrogens with zero attached hydrogens (tertiary/aromatic N) is 1. The second kappa shape index (κ2) is 9.38. The van der Waals surface area contributed by atoms with Crippen molar-refractivity contribution in [3.05, 3.63) is 64.2 Å². The number of carbonyl (C=O) groups is 2. The summed E-state index contributed by atoms with van der Waals surface area (Å²) in [5, 5.41) is 22.0. The Balaban J connectivity index is 1.92. The molecule has 8 heteroatoms. The van der Waals surface area contributed by atoms with Crippen LogP contribution in [-0.2, 0) is 4.79 Å². The average Bonchev–Trinajstić information content (AvgIpc) is 2.65. The largest absolute Gasteiger partial charge is 0.506 e. The first kappa shape index (κ1) is 20.0. The molecular weight excluding hydrogens is 370 g/mol. The van der Waals surface area contributed by atoms with Crippen LogP contribution in [0.4, 0.5) is 0 Å².